The van der Waals surface area contributed by atoms with Crippen molar-refractivity contribution in [2.24, 2.45) is 5.73 Å². The third-order valence-electron chi connectivity index (χ3n) is 2.76. The SMILES string of the molecule is NC(=O)c1ccccc1[CH]COCc1ccccc1. The summed E-state index contributed by atoms with van der Waals surface area (Å²) < 4.78 is 5.55. The number of hydrogen-bond donors (Lipinski definition) is 1. The van der Waals surface area contributed by atoms with E-state index in [9.17, 15) is 4.79 Å². The first-order chi connectivity index (χ1) is 9.27. The van der Waals surface area contributed by atoms with Crippen molar-refractivity contribution in [3.8, 4) is 0 Å². The fourth-order valence-electron chi connectivity index (χ4n) is 1.80. The molecule has 0 fully saturated rings. The van der Waals surface area contributed by atoms with Gasteiger partial charge in [0.05, 0.1) is 13.2 Å². The molecule has 0 aliphatic carbocycles. The predicted octanol–water partition coefficient (Wildman–Crippen LogP) is 2.55. The molecule has 0 saturated carbocycles. The minimum absolute atomic E-state index is 0.421. The lowest BCUT2D eigenvalue weighted by Crippen LogP contribution is -2.13. The zero-order valence-electron chi connectivity index (χ0n) is 10.6. The van der Waals surface area contributed by atoms with Gasteiger partial charge in [0.15, 0.2) is 0 Å². The lowest BCUT2D eigenvalue weighted by atomic mass is 10.0. The molecule has 19 heavy (non-hydrogen) atoms. The summed E-state index contributed by atoms with van der Waals surface area (Å²) in [5, 5.41) is 0. The van der Waals surface area contributed by atoms with Gasteiger partial charge in [-0.2, -0.15) is 0 Å². The van der Waals surface area contributed by atoms with Gasteiger partial charge in [-0.1, -0.05) is 48.5 Å². The average Bonchev–Trinajstić information content (AvgIpc) is 2.45. The first-order valence-electron chi connectivity index (χ1n) is 6.11. The van der Waals surface area contributed by atoms with Crippen LogP contribution in [0.5, 0.6) is 0 Å². The van der Waals surface area contributed by atoms with E-state index in [-0.39, 0.29) is 0 Å². The monoisotopic (exact) mass is 254 g/mol. The van der Waals surface area contributed by atoms with Crippen molar-refractivity contribution in [1.82, 2.24) is 0 Å². The smallest absolute Gasteiger partial charge is 0.248 e. The minimum atomic E-state index is -0.421. The maximum absolute atomic E-state index is 11.2. The van der Waals surface area contributed by atoms with Crippen molar-refractivity contribution in [2.75, 3.05) is 6.61 Å². The van der Waals surface area contributed by atoms with Gasteiger partial charge in [-0.3, -0.25) is 4.79 Å². The third-order valence-corrected chi connectivity index (χ3v) is 2.76. The van der Waals surface area contributed by atoms with Crippen LogP contribution in [0.2, 0.25) is 0 Å². The number of nitrogens with two attached hydrogens (primary N) is 1. The molecule has 2 aromatic carbocycles. The van der Waals surface area contributed by atoms with E-state index in [1.807, 2.05) is 48.9 Å². The molecule has 97 valence electrons. The Morgan fingerprint density at radius 2 is 1.74 bits per heavy atom. The molecular weight excluding hydrogens is 238 g/mol. The van der Waals surface area contributed by atoms with Crippen molar-refractivity contribution in [3.63, 3.8) is 0 Å². The quantitative estimate of drug-likeness (QED) is 0.805. The van der Waals surface area contributed by atoms with Crippen LogP contribution in [0, 0.1) is 6.42 Å². The van der Waals surface area contributed by atoms with Crippen LogP contribution < -0.4 is 5.73 Å². The predicted molar refractivity (Wildman–Crippen MR) is 74.5 cm³/mol. The fraction of sp³-hybridized carbons (Fsp3) is 0.125. The summed E-state index contributed by atoms with van der Waals surface area (Å²) in [5.41, 5.74) is 7.76. The zero-order chi connectivity index (χ0) is 13.5. The number of primary amides is 1. The van der Waals surface area contributed by atoms with Crippen LogP contribution in [0.3, 0.4) is 0 Å². The zero-order valence-corrected chi connectivity index (χ0v) is 10.6. The van der Waals surface area contributed by atoms with Gasteiger partial charge in [0.1, 0.15) is 0 Å². The Balaban J connectivity index is 1.85. The molecule has 0 aliphatic heterocycles. The summed E-state index contributed by atoms with van der Waals surface area (Å²) in [6.07, 6.45) is 1.86. The first kappa shape index (κ1) is 13.3. The van der Waals surface area contributed by atoms with E-state index in [1.165, 1.54) is 0 Å². The lowest BCUT2D eigenvalue weighted by Gasteiger charge is -2.07. The Hall–Kier alpha value is -2.13. The Kier molecular flexibility index (Phi) is 4.70. The van der Waals surface area contributed by atoms with Crippen molar-refractivity contribution in [3.05, 3.63) is 77.7 Å². The number of carbonyl (C=O) groups is 1. The van der Waals surface area contributed by atoms with Crippen LogP contribution in [0.4, 0.5) is 0 Å². The van der Waals surface area contributed by atoms with E-state index in [2.05, 4.69) is 0 Å². The molecular formula is C16H16NO2. The van der Waals surface area contributed by atoms with Gasteiger partial charge in [0.25, 0.3) is 0 Å². The summed E-state index contributed by atoms with van der Waals surface area (Å²) in [5.74, 6) is -0.421. The Morgan fingerprint density at radius 1 is 1.05 bits per heavy atom. The van der Waals surface area contributed by atoms with E-state index in [0.29, 0.717) is 18.8 Å². The fourth-order valence-corrected chi connectivity index (χ4v) is 1.80. The molecule has 0 atom stereocenters. The molecule has 2 rings (SSSR count). The topological polar surface area (TPSA) is 52.3 Å². The summed E-state index contributed by atoms with van der Waals surface area (Å²) >= 11 is 0. The Morgan fingerprint density at radius 3 is 2.47 bits per heavy atom. The highest BCUT2D eigenvalue weighted by Crippen LogP contribution is 2.11. The summed E-state index contributed by atoms with van der Waals surface area (Å²) in [7, 11) is 0. The number of hydrogen-bond acceptors (Lipinski definition) is 2. The van der Waals surface area contributed by atoms with Crippen LogP contribution in [0.15, 0.2) is 54.6 Å². The van der Waals surface area contributed by atoms with E-state index >= 15 is 0 Å². The molecule has 2 aromatic rings. The maximum Gasteiger partial charge on any atom is 0.248 e. The van der Waals surface area contributed by atoms with Crippen molar-refractivity contribution >= 4 is 5.91 Å². The molecule has 0 bridgehead atoms. The normalized spacial score (nSPS) is 10.3. The third kappa shape index (κ3) is 3.93. The van der Waals surface area contributed by atoms with Crippen LogP contribution >= 0.6 is 0 Å². The molecule has 3 heteroatoms. The van der Waals surface area contributed by atoms with Gasteiger partial charge in [-0.15, -0.1) is 0 Å². The van der Waals surface area contributed by atoms with Gasteiger partial charge < -0.3 is 10.5 Å². The van der Waals surface area contributed by atoms with Gasteiger partial charge >= 0.3 is 0 Å². The number of benzene rings is 2. The molecule has 0 aliphatic rings. The van der Waals surface area contributed by atoms with Gasteiger partial charge in [-0.25, -0.2) is 0 Å². The molecule has 0 aromatic heterocycles. The van der Waals surface area contributed by atoms with Crippen LogP contribution in [0.25, 0.3) is 0 Å². The second kappa shape index (κ2) is 6.71. The second-order valence-corrected chi connectivity index (χ2v) is 4.16. The number of carbonyl (C=O) groups excluding carboxylic acids is 1. The summed E-state index contributed by atoms with van der Waals surface area (Å²) in [4.78, 5) is 11.2. The maximum atomic E-state index is 11.2. The molecule has 0 saturated heterocycles. The van der Waals surface area contributed by atoms with Crippen molar-refractivity contribution < 1.29 is 9.53 Å². The van der Waals surface area contributed by atoms with Crippen LogP contribution in [-0.4, -0.2) is 12.5 Å². The van der Waals surface area contributed by atoms with Crippen molar-refractivity contribution in [2.45, 2.75) is 6.61 Å². The molecule has 0 heterocycles. The summed E-state index contributed by atoms with van der Waals surface area (Å²) in [6, 6.07) is 17.2. The molecule has 3 nitrogen and oxygen atoms in total. The van der Waals surface area contributed by atoms with Gasteiger partial charge in [0, 0.05) is 12.0 Å². The second-order valence-electron chi connectivity index (χ2n) is 4.16. The summed E-state index contributed by atoms with van der Waals surface area (Å²) in [6.45, 7) is 0.995. The molecule has 1 radical (unpaired) electrons. The number of rotatable bonds is 6. The molecule has 1 amide bonds. The van der Waals surface area contributed by atoms with E-state index in [0.717, 1.165) is 11.1 Å². The highest BCUT2D eigenvalue weighted by atomic mass is 16.5. The molecule has 2 N–H and O–H groups in total. The van der Waals surface area contributed by atoms with E-state index in [1.54, 1.807) is 12.1 Å². The lowest BCUT2D eigenvalue weighted by molar-refractivity contribution is 0.0999. The highest BCUT2D eigenvalue weighted by molar-refractivity contribution is 5.94. The van der Waals surface area contributed by atoms with Crippen LogP contribution in [-0.2, 0) is 11.3 Å². The number of ether oxygens (including phenoxy) is 1. The Labute approximate surface area is 113 Å². The van der Waals surface area contributed by atoms with Gasteiger partial charge in [-0.05, 0) is 17.2 Å². The van der Waals surface area contributed by atoms with Crippen molar-refractivity contribution in [1.29, 1.82) is 0 Å². The minimum Gasteiger partial charge on any atom is -0.376 e. The van der Waals surface area contributed by atoms with E-state index in [4.69, 9.17) is 10.5 Å². The highest BCUT2D eigenvalue weighted by Gasteiger charge is 2.06. The standard InChI is InChI=1S/C16H16NO2/c17-16(18)15-9-5-4-8-14(15)10-11-19-12-13-6-2-1-3-7-13/h1-10H,11-12H2,(H2,17,18). The van der Waals surface area contributed by atoms with Crippen LogP contribution in [0.1, 0.15) is 21.5 Å². The first-order valence-corrected chi connectivity index (χ1v) is 6.11. The molecule has 0 unspecified atom stereocenters. The van der Waals surface area contributed by atoms with Gasteiger partial charge in [0.2, 0.25) is 5.91 Å². The largest absolute Gasteiger partial charge is 0.376 e. The average molecular weight is 254 g/mol. The molecule has 0 spiro atoms. The van der Waals surface area contributed by atoms with E-state index < -0.39 is 5.91 Å². The number of amides is 1. The Bertz CT molecular complexity index is 537.